The lowest BCUT2D eigenvalue weighted by atomic mass is 9.79. The topological polar surface area (TPSA) is 45.2 Å². The summed E-state index contributed by atoms with van der Waals surface area (Å²) in [6.07, 6.45) is 0. The lowest BCUT2D eigenvalue weighted by Gasteiger charge is -2.09. The van der Waals surface area contributed by atoms with Crippen LogP contribution in [-0.2, 0) is 11.3 Å². The largest absolute Gasteiger partial charge is 0.491 e. The summed E-state index contributed by atoms with van der Waals surface area (Å²) in [6.45, 7) is 0.383. The van der Waals surface area contributed by atoms with E-state index in [9.17, 15) is 5.02 Å². The van der Waals surface area contributed by atoms with Gasteiger partial charge in [-0.25, -0.2) is 0 Å². The Hall–Kier alpha value is -2.56. The van der Waals surface area contributed by atoms with E-state index in [0.29, 0.717) is 6.61 Å². The Morgan fingerprint density at radius 2 is 1.57 bits per heavy atom. The summed E-state index contributed by atoms with van der Waals surface area (Å²) in [5.74, 6) is 0. The Labute approximate surface area is 134 Å². The fraction of sp³-hybridized carbons (Fsp3) is 0.0526. The molecule has 0 bridgehead atoms. The zero-order valence-corrected chi connectivity index (χ0v) is 12.6. The van der Waals surface area contributed by atoms with Crippen LogP contribution in [-0.4, -0.2) is 17.1 Å². The standard InChI is InChI=1S/C19H16BNO2/c22-20(23-13-14-6-2-1-3-7-14)15-10-11-19-17(12-15)16-8-4-5-9-18(16)21-19/h1-12,21-22H,13H2. The highest BCUT2D eigenvalue weighted by Gasteiger charge is 2.17. The van der Waals surface area contributed by atoms with Gasteiger partial charge in [0.1, 0.15) is 0 Å². The first-order valence-electron chi connectivity index (χ1n) is 7.65. The van der Waals surface area contributed by atoms with Gasteiger partial charge in [-0.15, -0.1) is 0 Å². The molecule has 0 fully saturated rings. The van der Waals surface area contributed by atoms with Gasteiger partial charge in [0.15, 0.2) is 0 Å². The number of nitrogens with one attached hydrogen (secondary N) is 1. The molecule has 0 atom stereocenters. The van der Waals surface area contributed by atoms with Gasteiger partial charge < -0.3 is 14.7 Å². The first-order valence-corrected chi connectivity index (χ1v) is 7.65. The highest BCUT2D eigenvalue weighted by atomic mass is 16.5. The number of aromatic nitrogens is 1. The minimum atomic E-state index is -0.937. The van der Waals surface area contributed by atoms with Crippen molar-refractivity contribution in [3.8, 4) is 0 Å². The van der Waals surface area contributed by atoms with Gasteiger partial charge >= 0.3 is 7.12 Å². The molecule has 0 aliphatic rings. The van der Waals surface area contributed by atoms with E-state index in [-0.39, 0.29) is 0 Å². The van der Waals surface area contributed by atoms with Crippen molar-refractivity contribution in [1.82, 2.24) is 4.98 Å². The lowest BCUT2D eigenvalue weighted by Crippen LogP contribution is -2.33. The molecule has 1 aromatic heterocycles. The molecule has 4 rings (SSSR count). The van der Waals surface area contributed by atoms with Crippen LogP contribution < -0.4 is 5.46 Å². The molecule has 1 heterocycles. The first kappa shape index (κ1) is 14.1. The maximum absolute atomic E-state index is 10.3. The Bertz CT molecular complexity index is 949. The average Bonchev–Trinajstić information content (AvgIpc) is 2.98. The molecule has 4 aromatic rings. The second-order valence-electron chi connectivity index (χ2n) is 5.62. The number of H-pyrrole nitrogens is 1. The van der Waals surface area contributed by atoms with Crippen LogP contribution in [0.4, 0.5) is 0 Å². The van der Waals surface area contributed by atoms with Crippen molar-refractivity contribution in [3.05, 3.63) is 78.4 Å². The van der Waals surface area contributed by atoms with E-state index in [0.717, 1.165) is 32.8 Å². The molecular formula is C19H16BNO2. The molecule has 0 saturated carbocycles. The van der Waals surface area contributed by atoms with Crippen molar-refractivity contribution in [1.29, 1.82) is 0 Å². The van der Waals surface area contributed by atoms with Gasteiger partial charge in [0.05, 0.1) is 6.61 Å². The molecule has 23 heavy (non-hydrogen) atoms. The smallest absolute Gasteiger partial charge is 0.423 e. The van der Waals surface area contributed by atoms with E-state index in [4.69, 9.17) is 4.65 Å². The van der Waals surface area contributed by atoms with Crippen molar-refractivity contribution in [2.75, 3.05) is 0 Å². The van der Waals surface area contributed by atoms with Crippen molar-refractivity contribution in [3.63, 3.8) is 0 Å². The Morgan fingerprint density at radius 1 is 0.826 bits per heavy atom. The van der Waals surface area contributed by atoms with Gasteiger partial charge in [-0.2, -0.15) is 0 Å². The number of hydrogen-bond donors (Lipinski definition) is 2. The van der Waals surface area contributed by atoms with Crippen LogP contribution in [0.3, 0.4) is 0 Å². The third kappa shape index (κ3) is 2.74. The van der Waals surface area contributed by atoms with Gasteiger partial charge in [0.2, 0.25) is 0 Å². The average molecular weight is 301 g/mol. The summed E-state index contributed by atoms with van der Waals surface area (Å²) in [6, 6.07) is 23.9. The van der Waals surface area contributed by atoms with E-state index >= 15 is 0 Å². The molecule has 0 radical (unpaired) electrons. The molecular weight excluding hydrogens is 285 g/mol. The van der Waals surface area contributed by atoms with Crippen molar-refractivity contribution in [2.24, 2.45) is 0 Å². The molecule has 2 N–H and O–H groups in total. The van der Waals surface area contributed by atoms with Crippen LogP contribution in [0.5, 0.6) is 0 Å². The normalized spacial score (nSPS) is 11.2. The number of aromatic amines is 1. The fourth-order valence-electron chi connectivity index (χ4n) is 2.87. The number of benzene rings is 3. The first-order chi connectivity index (χ1) is 11.3. The Kier molecular flexibility index (Phi) is 3.62. The molecule has 0 aliphatic heterocycles. The molecule has 4 heteroatoms. The maximum atomic E-state index is 10.3. The predicted octanol–water partition coefficient (Wildman–Crippen LogP) is 3.23. The minimum absolute atomic E-state index is 0.383. The second kappa shape index (κ2) is 5.91. The van der Waals surface area contributed by atoms with E-state index in [1.165, 1.54) is 0 Å². The van der Waals surface area contributed by atoms with Gasteiger partial charge in [-0.3, -0.25) is 0 Å². The highest BCUT2D eigenvalue weighted by Crippen LogP contribution is 2.24. The summed E-state index contributed by atoms with van der Waals surface area (Å²) in [5, 5.41) is 12.6. The monoisotopic (exact) mass is 301 g/mol. The minimum Gasteiger partial charge on any atom is -0.423 e. The molecule has 0 spiro atoms. The molecule has 0 aliphatic carbocycles. The van der Waals surface area contributed by atoms with Crippen LogP contribution in [0, 0.1) is 0 Å². The quantitative estimate of drug-likeness (QED) is 0.568. The van der Waals surface area contributed by atoms with Crippen LogP contribution in [0.15, 0.2) is 72.8 Å². The lowest BCUT2D eigenvalue weighted by molar-refractivity contribution is 0.259. The highest BCUT2D eigenvalue weighted by molar-refractivity contribution is 6.60. The van der Waals surface area contributed by atoms with Crippen LogP contribution in [0.25, 0.3) is 21.8 Å². The number of fused-ring (bicyclic) bond motifs is 3. The number of para-hydroxylation sites is 1. The van der Waals surface area contributed by atoms with Crippen molar-refractivity contribution >= 4 is 34.4 Å². The third-order valence-corrected chi connectivity index (χ3v) is 4.07. The number of hydrogen-bond acceptors (Lipinski definition) is 2. The van der Waals surface area contributed by atoms with Crippen molar-refractivity contribution < 1.29 is 9.68 Å². The molecule has 112 valence electrons. The van der Waals surface area contributed by atoms with Gasteiger partial charge in [0.25, 0.3) is 0 Å². The maximum Gasteiger partial charge on any atom is 0.491 e. The van der Waals surface area contributed by atoms with Crippen LogP contribution >= 0.6 is 0 Å². The number of rotatable bonds is 4. The second-order valence-corrected chi connectivity index (χ2v) is 5.62. The molecule has 0 amide bonds. The van der Waals surface area contributed by atoms with Crippen molar-refractivity contribution in [2.45, 2.75) is 6.61 Å². The van der Waals surface area contributed by atoms with Gasteiger partial charge in [-0.05, 0) is 23.2 Å². The molecule has 3 aromatic carbocycles. The zero-order valence-electron chi connectivity index (χ0n) is 12.6. The van der Waals surface area contributed by atoms with Gasteiger partial charge in [-0.1, -0.05) is 60.7 Å². The Balaban J connectivity index is 1.61. The van der Waals surface area contributed by atoms with E-state index in [1.54, 1.807) is 0 Å². The van der Waals surface area contributed by atoms with Crippen LogP contribution in [0.2, 0.25) is 0 Å². The third-order valence-electron chi connectivity index (χ3n) is 4.07. The summed E-state index contributed by atoms with van der Waals surface area (Å²) >= 11 is 0. The summed E-state index contributed by atoms with van der Waals surface area (Å²) < 4.78 is 5.60. The summed E-state index contributed by atoms with van der Waals surface area (Å²) in [4.78, 5) is 3.38. The van der Waals surface area contributed by atoms with Gasteiger partial charge in [0, 0.05) is 21.8 Å². The fourth-order valence-corrected chi connectivity index (χ4v) is 2.87. The van der Waals surface area contributed by atoms with E-state index in [1.807, 2.05) is 60.7 Å². The Morgan fingerprint density at radius 3 is 2.43 bits per heavy atom. The zero-order chi connectivity index (χ0) is 15.6. The molecule has 3 nitrogen and oxygen atoms in total. The SMILES string of the molecule is OB(OCc1ccccc1)c1ccc2[nH]c3ccccc3c2c1. The summed E-state index contributed by atoms with van der Waals surface area (Å²) in [7, 11) is -0.937. The van der Waals surface area contributed by atoms with E-state index < -0.39 is 7.12 Å². The molecule has 0 saturated heterocycles. The van der Waals surface area contributed by atoms with Crippen LogP contribution in [0.1, 0.15) is 5.56 Å². The molecule has 0 unspecified atom stereocenters. The summed E-state index contributed by atoms with van der Waals surface area (Å²) in [5.41, 5.74) is 3.96. The predicted molar refractivity (Wildman–Crippen MR) is 94.6 cm³/mol. The van der Waals surface area contributed by atoms with E-state index in [2.05, 4.69) is 17.1 Å².